The number of pyridine rings is 1. The first-order valence-corrected chi connectivity index (χ1v) is 14.2. The Kier molecular flexibility index (Phi) is 7.54. The lowest BCUT2D eigenvalue weighted by Crippen LogP contribution is -2.63. The molecule has 43 heavy (non-hydrogen) atoms. The number of hydrogen-bond donors (Lipinski definition) is 2. The fraction of sp³-hybridized carbons (Fsp3) is 0.552. The number of carbonyl (C=O) groups is 1. The van der Waals surface area contributed by atoms with Gasteiger partial charge in [-0.05, 0) is 49.8 Å². The van der Waals surface area contributed by atoms with Crippen LogP contribution in [0.3, 0.4) is 0 Å². The Morgan fingerprint density at radius 2 is 1.72 bits per heavy atom. The Balaban J connectivity index is 1.39. The van der Waals surface area contributed by atoms with Crippen molar-refractivity contribution in [1.29, 1.82) is 0 Å². The van der Waals surface area contributed by atoms with E-state index >= 15 is 4.39 Å². The van der Waals surface area contributed by atoms with Crippen LogP contribution in [0.25, 0.3) is 11.0 Å². The Hall–Kier alpha value is -3.42. The van der Waals surface area contributed by atoms with Gasteiger partial charge in [-0.2, -0.15) is 0 Å². The average molecular weight is 614 g/mol. The van der Waals surface area contributed by atoms with Crippen LogP contribution in [-0.2, 0) is 14.9 Å². The molecule has 3 fully saturated rings. The number of carbonyl (C=O) groups excluding carboxylic acids is 1. The summed E-state index contributed by atoms with van der Waals surface area (Å²) in [5, 5.41) is 2.96. The first-order valence-electron chi connectivity index (χ1n) is 14.2. The number of benzene rings is 1. The molecule has 0 radical (unpaired) electrons. The summed E-state index contributed by atoms with van der Waals surface area (Å²) in [6.07, 6.45) is -2.05. The number of aromatic nitrogens is 3. The predicted molar refractivity (Wildman–Crippen MR) is 142 cm³/mol. The molecule has 1 aromatic carbocycles. The lowest BCUT2D eigenvalue weighted by molar-refractivity contribution is -0.174. The summed E-state index contributed by atoms with van der Waals surface area (Å²) in [5.74, 6) is -7.73. The number of hydrogen-bond acceptors (Lipinski definition) is 5. The highest BCUT2D eigenvalue weighted by atomic mass is 19.3. The number of rotatable bonds is 7. The molecule has 1 aliphatic carbocycles. The van der Waals surface area contributed by atoms with Crippen molar-refractivity contribution in [3.05, 3.63) is 53.2 Å². The largest absolute Gasteiger partial charge is 0.381 e. The van der Waals surface area contributed by atoms with Crippen LogP contribution in [0.4, 0.5) is 36.6 Å². The van der Waals surface area contributed by atoms with Gasteiger partial charge in [0.25, 0.3) is 12.3 Å². The van der Waals surface area contributed by atoms with Gasteiger partial charge in [-0.15, -0.1) is 0 Å². The number of nitrogens with one attached hydrogen (secondary N) is 2. The summed E-state index contributed by atoms with van der Waals surface area (Å²) in [5.41, 5.74) is -1.70. The zero-order valence-corrected chi connectivity index (χ0v) is 23.0. The van der Waals surface area contributed by atoms with Gasteiger partial charge < -0.3 is 19.9 Å². The number of alkyl halides is 6. The molecule has 0 bridgehead atoms. The molecule has 1 atom stereocenters. The second-order valence-corrected chi connectivity index (χ2v) is 11.7. The zero-order valence-electron chi connectivity index (χ0n) is 23.0. The normalized spacial score (nSPS) is 22.4. The van der Waals surface area contributed by atoms with Crippen LogP contribution in [0.1, 0.15) is 67.9 Å². The van der Waals surface area contributed by atoms with Crippen LogP contribution < -0.4 is 5.32 Å². The Bertz CT molecular complexity index is 1490. The lowest BCUT2D eigenvalue weighted by atomic mass is 9.72. The standard InChI is InChI=1S/C29H30F7N5O2/c30-20-18(27(9-12-43-13-10-27)26(42)41-14-29(35,36)15-41)3-4-19-22(20)40-25(38-19)21(16-5-7-28(33,34)8-6-16)39-24-17(23(31)32)2-1-11-37-24/h1-4,11,16,21,23H,5-10,12-15H2,(H,37,39)(H,38,40)/t21-/m0/s1. The number of likely N-dealkylation sites (tertiary alicyclic amines) is 1. The SMILES string of the molecule is O=C(N1CC(F)(F)C1)C1(c2ccc3[nH]c([C@@H](Nc4ncccc4C(F)F)C4CCC(F)(F)CC4)nc3c2F)CCOCC1. The van der Waals surface area contributed by atoms with Crippen LogP contribution in [-0.4, -0.2) is 63.9 Å². The maximum atomic E-state index is 16.3. The van der Waals surface area contributed by atoms with Gasteiger partial charge in [0.2, 0.25) is 11.8 Å². The van der Waals surface area contributed by atoms with Crippen LogP contribution in [0.15, 0.2) is 30.5 Å². The summed E-state index contributed by atoms with van der Waals surface area (Å²) < 4.78 is 105. The third kappa shape index (κ3) is 5.53. The maximum absolute atomic E-state index is 16.3. The molecule has 1 amide bonds. The van der Waals surface area contributed by atoms with Crippen LogP contribution in [0, 0.1) is 11.7 Å². The minimum absolute atomic E-state index is 0.00750. The quantitative estimate of drug-likeness (QED) is 0.296. The lowest BCUT2D eigenvalue weighted by Gasteiger charge is -2.46. The number of aromatic amines is 1. The predicted octanol–water partition coefficient (Wildman–Crippen LogP) is 6.54. The summed E-state index contributed by atoms with van der Waals surface area (Å²) in [4.78, 5) is 26.1. The second-order valence-electron chi connectivity index (χ2n) is 11.7. The van der Waals surface area contributed by atoms with Gasteiger partial charge in [0.05, 0.1) is 35.6 Å². The van der Waals surface area contributed by atoms with Crippen molar-refractivity contribution in [3.8, 4) is 0 Å². The number of ether oxygens (including phenoxy) is 1. The second kappa shape index (κ2) is 10.9. The fourth-order valence-corrected chi connectivity index (χ4v) is 6.52. The first-order chi connectivity index (χ1) is 20.4. The van der Waals surface area contributed by atoms with Crippen molar-refractivity contribution in [3.63, 3.8) is 0 Å². The number of halogens is 7. The Labute approximate surface area is 242 Å². The van der Waals surface area contributed by atoms with Crippen molar-refractivity contribution in [2.45, 2.75) is 68.3 Å². The maximum Gasteiger partial charge on any atom is 0.282 e. The smallest absolute Gasteiger partial charge is 0.282 e. The third-order valence-corrected chi connectivity index (χ3v) is 8.91. The number of nitrogens with zero attached hydrogens (tertiary/aromatic N) is 3. The highest BCUT2D eigenvalue weighted by molar-refractivity contribution is 5.91. The van der Waals surface area contributed by atoms with Gasteiger partial charge in [0, 0.05) is 37.8 Å². The molecule has 232 valence electrons. The van der Waals surface area contributed by atoms with E-state index in [1.54, 1.807) is 0 Å². The number of fused-ring (bicyclic) bond motifs is 1. The number of anilines is 1. The molecule has 0 unspecified atom stereocenters. The molecule has 2 aliphatic heterocycles. The van der Waals surface area contributed by atoms with E-state index in [-0.39, 0.29) is 72.7 Å². The molecule has 7 nitrogen and oxygen atoms in total. The molecule has 3 aromatic rings. The molecular weight excluding hydrogens is 583 g/mol. The van der Waals surface area contributed by atoms with Crippen LogP contribution >= 0.6 is 0 Å². The van der Waals surface area contributed by atoms with Crippen molar-refractivity contribution in [1.82, 2.24) is 19.9 Å². The molecule has 14 heteroatoms. The van der Waals surface area contributed by atoms with E-state index in [9.17, 15) is 31.1 Å². The van der Waals surface area contributed by atoms with E-state index < -0.39 is 73.3 Å². The fourth-order valence-electron chi connectivity index (χ4n) is 6.52. The monoisotopic (exact) mass is 613 g/mol. The summed E-state index contributed by atoms with van der Waals surface area (Å²) in [7, 11) is 0. The van der Waals surface area contributed by atoms with Crippen molar-refractivity contribution in [2.75, 3.05) is 31.6 Å². The Morgan fingerprint density at radius 1 is 1.02 bits per heavy atom. The molecule has 6 rings (SSSR count). The van der Waals surface area contributed by atoms with E-state index in [4.69, 9.17) is 4.74 Å². The summed E-state index contributed by atoms with van der Waals surface area (Å²) in [6.45, 7) is -1.22. The molecular formula is C29H30F7N5O2. The number of imidazole rings is 1. The number of amides is 1. The topological polar surface area (TPSA) is 83.1 Å². The van der Waals surface area contributed by atoms with Gasteiger partial charge in [-0.3, -0.25) is 4.79 Å². The van der Waals surface area contributed by atoms with Gasteiger partial charge in [0.1, 0.15) is 17.2 Å². The minimum atomic E-state index is -3.00. The first kappa shape index (κ1) is 29.6. The van der Waals surface area contributed by atoms with E-state index in [2.05, 4.69) is 20.3 Å². The zero-order chi connectivity index (χ0) is 30.6. The van der Waals surface area contributed by atoms with Crippen molar-refractivity contribution >= 4 is 22.8 Å². The van der Waals surface area contributed by atoms with Crippen molar-refractivity contribution < 1.29 is 40.3 Å². The molecule has 1 saturated carbocycles. The summed E-state index contributed by atoms with van der Waals surface area (Å²) in [6, 6.07) is 4.63. The highest BCUT2D eigenvalue weighted by Gasteiger charge is 2.54. The molecule has 3 aliphatic rings. The van der Waals surface area contributed by atoms with Gasteiger partial charge >= 0.3 is 0 Å². The van der Waals surface area contributed by atoms with E-state index in [0.717, 1.165) is 4.90 Å². The molecule has 0 spiro atoms. The van der Waals surface area contributed by atoms with Crippen LogP contribution in [0.2, 0.25) is 0 Å². The highest BCUT2D eigenvalue weighted by Crippen LogP contribution is 2.45. The molecule has 2 saturated heterocycles. The van der Waals surface area contributed by atoms with E-state index in [0.29, 0.717) is 0 Å². The van der Waals surface area contributed by atoms with Crippen molar-refractivity contribution in [2.24, 2.45) is 5.92 Å². The average Bonchev–Trinajstić information content (AvgIpc) is 3.40. The van der Waals surface area contributed by atoms with Gasteiger partial charge in [0.15, 0.2) is 5.82 Å². The summed E-state index contributed by atoms with van der Waals surface area (Å²) >= 11 is 0. The number of H-pyrrole nitrogens is 1. The van der Waals surface area contributed by atoms with Gasteiger partial charge in [-0.25, -0.2) is 40.7 Å². The minimum Gasteiger partial charge on any atom is -0.381 e. The molecule has 2 aromatic heterocycles. The molecule has 2 N–H and O–H groups in total. The van der Waals surface area contributed by atoms with Gasteiger partial charge in [-0.1, -0.05) is 6.07 Å². The Morgan fingerprint density at radius 3 is 2.37 bits per heavy atom. The van der Waals surface area contributed by atoms with E-state index in [1.807, 2.05) is 0 Å². The van der Waals surface area contributed by atoms with E-state index in [1.165, 1.54) is 30.5 Å². The molecule has 4 heterocycles. The third-order valence-electron chi connectivity index (χ3n) is 8.91. The van der Waals surface area contributed by atoms with Crippen LogP contribution in [0.5, 0.6) is 0 Å².